The van der Waals surface area contributed by atoms with E-state index in [0.29, 0.717) is 19.0 Å². The minimum Gasteiger partial charge on any atom is -0.316 e. The topological polar surface area (TPSA) is 83.6 Å². The first-order valence-corrected chi connectivity index (χ1v) is 10.6. The number of hydrogen-bond donors (Lipinski definition) is 1. The maximum absolute atomic E-state index is 12.6. The fraction of sp³-hybridized carbons (Fsp3) is 1.00. The molecule has 0 bridgehead atoms. The Bertz CT molecular complexity index is 524. The van der Waals surface area contributed by atoms with Crippen molar-refractivity contribution in [2.45, 2.75) is 31.4 Å². The minimum absolute atomic E-state index is 0.000560. The summed E-state index contributed by atoms with van der Waals surface area (Å²) in [5.74, 6) is 0.116. The van der Waals surface area contributed by atoms with Crippen LogP contribution < -0.4 is 5.32 Å². The molecular weight excluding hydrogens is 300 g/mol. The van der Waals surface area contributed by atoms with Gasteiger partial charge in [0.2, 0.25) is 10.0 Å². The van der Waals surface area contributed by atoms with E-state index in [4.69, 9.17) is 0 Å². The lowest BCUT2D eigenvalue weighted by Gasteiger charge is -2.30. The van der Waals surface area contributed by atoms with Crippen LogP contribution in [0.3, 0.4) is 0 Å². The highest BCUT2D eigenvalue weighted by Crippen LogP contribution is 2.23. The zero-order chi connectivity index (χ0) is 14.8. The molecule has 2 heterocycles. The summed E-state index contributed by atoms with van der Waals surface area (Å²) < 4.78 is 49.6. The van der Waals surface area contributed by atoms with Crippen LogP contribution in [0.5, 0.6) is 0 Å². The smallest absolute Gasteiger partial charge is 0.218 e. The Balaban J connectivity index is 2.05. The molecular formula is C12H24N2O4S2. The van der Waals surface area contributed by atoms with Crippen molar-refractivity contribution in [2.75, 3.05) is 37.7 Å². The summed E-state index contributed by atoms with van der Waals surface area (Å²) >= 11 is 0. The van der Waals surface area contributed by atoms with Crippen LogP contribution >= 0.6 is 0 Å². The summed E-state index contributed by atoms with van der Waals surface area (Å²) in [6.45, 7) is 4.57. The van der Waals surface area contributed by atoms with Gasteiger partial charge in [0.05, 0.1) is 16.8 Å². The standard InChI is InChI=1S/C12H24N2O4S2/c1-2-14(9-11-4-3-6-13-8-11)20(17,18)12-5-7-19(15,16)10-12/h11-13H,2-10H2,1H3. The molecule has 0 saturated carbocycles. The monoisotopic (exact) mass is 324 g/mol. The van der Waals surface area contributed by atoms with Gasteiger partial charge in [-0.2, -0.15) is 0 Å². The third kappa shape index (κ3) is 3.72. The number of rotatable bonds is 5. The Morgan fingerprint density at radius 3 is 2.55 bits per heavy atom. The second-order valence-electron chi connectivity index (χ2n) is 5.73. The molecule has 2 fully saturated rings. The molecule has 2 rings (SSSR count). The first kappa shape index (κ1) is 16.2. The Hall–Kier alpha value is -0.180. The van der Waals surface area contributed by atoms with Crippen molar-refractivity contribution in [2.24, 2.45) is 5.92 Å². The van der Waals surface area contributed by atoms with Gasteiger partial charge < -0.3 is 5.32 Å². The fourth-order valence-electron chi connectivity index (χ4n) is 2.99. The molecule has 2 atom stereocenters. The summed E-state index contributed by atoms with van der Waals surface area (Å²) in [6, 6.07) is 0. The number of nitrogens with one attached hydrogen (secondary N) is 1. The molecule has 0 radical (unpaired) electrons. The average molecular weight is 324 g/mol. The van der Waals surface area contributed by atoms with E-state index in [2.05, 4.69) is 5.32 Å². The quantitative estimate of drug-likeness (QED) is 0.759. The van der Waals surface area contributed by atoms with Crippen LogP contribution in [0.4, 0.5) is 0 Å². The molecule has 0 amide bonds. The second kappa shape index (κ2) is 6.29. The molecule has 20 heavy (non-hydrogen) atoms. The summed E-state index contributed by atoms with van der Waals surface area (Å²) in [7, 11) is -6.67. The normalized spacial score (nSPS) is 30.7. The van der Waals surface area contributed by atoms with Crippen molar-refractivity contribution in [1.29, 1.82) is 0 Å². The van der Waals surface area contributed by atoms with Gasteiger partial charge in [-0.25, -0.2) is 21.1 Å². The van der Waals surface area contributed by atoms with E-state index >= 15 is 0 Å². The number of hydrogen-bond acceptors (Lipinski definition) is 5. The highest BCUT2D eigenvalue weighted by Gasteiger charge is 2.40. The maximum atomic E-state index is 12.6. The van der Waals surface area contributed by atoms with Gasteiger partial charge in [-0.3, -0.25) is 0 Å². The predicted molar refractivity (Wildman–Crippen MR) is 78.8 cm³/mol. The van der Waals surface area contributed by atoms with Crippen LogP contribution in [-0.2, 0) is 19.9 Å². The van der Waals surface area contributed by atoms with Crippen LogP contribution in [0.2, 0.25) is 0 Å². The SMILES string of the molecule is CCN(CC1CCCNC1)S(=O)(=O)C1CCS(=O)(=O)C1. The Kier molecular flexibility index (Phi) is 5.09. The molecule has 1 N–H and O–H groups in total. The van der Waals surface area contributed by atoms with E-state index in [1.165, 1.54) is 4.31 Å². The van der Waals surface area contributed by atoms with Crippen molar-refractivity contribution in [3.05, 3.63) is 0 Å². The second-order valence-corrected chi connectivity index (χ2v) is 10.2. The van der Waals surface area contributed by atoms with Crippen molar-refractivity contribution in [3.8, 4) is 0 Å². The molecule has 0 aliphatic carbocycles. The van der Waals surface area contributed by atoms with Gasteiger partial charge in [0.1, 0.15) is 0 Å². The van der Waals surface area contributed by atoms with E-state index in [9.17, 15) is 16.8 Å². The van der Waals surface area contributed by atoms with Crippen LogP contribution in [-0.4, -0.2) is 64.1 Å². The highest BCUT2D eigenvalue weighted by molar-refractivity contribution is 7.95. The molecule has 0 aromatic heterocycles. The molecule has 0 aromatic rings. The summed E-state index contributed by atoms with van der Waals surface area (Å²) in [6.07, 6.45) is 2.34. The van der Waals surface area contributed by atoms with Gasteiger partial charge in [-0.1, -0.05) is 6.92 Å². The fourth-order valence-corrected chi connectivity index (χ4v) is 7.61. The van der Waals surface area contributed by atoms with E-state index in [0.717, 1.165) is 25.9 Å². The molecule has 8 heteroatoms. The molecule has 118 valence electrons. The molecule has 2 saturated heterocycles. The molecule has 0 spiro atoms. The Morgan fingerprint density at radius 1 is 1.30 bits per heavy atom. The van der Waals surface area contributed by atoms with E-state index in [-0.39, 0.29) is 17.9 Å². The lowest BCUT2D eigenvalue weighted by atomic mass is 10.00. The van der Waals surface area contributed by atoms with E-state index in [1.54, 1.807) is 0 Å². The molecule has 6 nitrogen and oxygen atoms in total. The zero-order valence-electron chi connectivity index (χ0n) is 11.9. The first-order chi connectivity index (χ1) is 9.35. The third-order valence-electron chi connectivity index (χ3n) is 4.19. The van der Waals surface area contributed by atoms with Gasteiger partial charge >= 0.3 is 0 Å². The predicted octanol–water partition coefficient (Wildman–Crippen LogP) is -0.175. The van der Waals surface area contributed by atoms with Gasteiger partial charge in [-0.15, -0.1) is 0 Å². The summed E-state index contributed by atoms with van der Waals surface area (Å²) in [5, 5.41) is 2.53. The van der Waals surface area contributed by atoms with Gasteiger partial charge in [-0.05, 0) is 38.3 Å². The first-order valence-electron chi connectivity index (χ1n) is 7.25. The van der Waals surface area contributed by atoms with Crippen LogP contribution in [0.25, 0.3) is 0 Å². The van der Waals surface area contributed by atoms with Gasteiger partial charge in [0.15, 0.2) is 9.84 Å². The van der Waals surface area contributed by atoms with Crippen molar-refractivity contribution in [1.82, 2.24) is 9.62 Å². The average Bonchev–Trinajstić information content (AvgIpc) is 2.78. The van der Waals surface area contributed by atoms with Gasteiger partial charge in [0.25, 0.3) is 0 Å². The van der Waals surface area contributed by atoms with Gasteiger partial charge in [0, 0.05) is 13.1 Å². The lowest BCUT2D eigenvalue weighted by Crippen LogP contribution is -2.44. The highest BCUT2D eigenvalue weighted by atomic mass is 32.2. The molecule has 0 aromatic carbocycles. The minimum atomic E-state index is -3.49. The Morgan fingerprint density at radius 2 is 2.05 bits per heavy atom. The summed E-state index contributed by atoms with van der Waals surface area (Å²) in [5.41, 5.74) is 0. The molecule has 2 aliphatic heterocycles. The molecule has 2 unspecified atom stereocenters. The summed E-state index contributed by atoms with van der Waals surface area (Å²) in [4.78, 5) is 0. The van der Waals surface area contributed by atoms with Crippen molar-refractivity contribution >= 4 is 19.9 Å². The largest absolute Gasteiger partial charge is 0.316 e. The van der Waals surface area contributed by atoms with Crippen LogP contribution in [0, 0.1) is 5.92 Å². The third-order valence-corrected chi connectivity index (χ3v) is 8.54. The van der Waals surface area contributed by atoms with E-state index < -0.39 is 25.1 Å². The number of sulfonamides is 1. The molecule has 2 aliphatic rings. The van der Waals surface area contributed by atoms with Crippen LogP contribution in [0.15, 0.2) is 0 Å². The Labute approximate surface area is 121 Å². The van der Waals surface area contributed by atoms with E-state index in [1.807, 2.05) is 6.92 Å². The van der Waals surface area contributed by atoms with Crippen LogP contribution in [0.1, 0.15) is 26.2 Å². The lowest BCUT2D eigenvalue weighted by molar-refractivity contribution is 0.296. The number of piperidine rings is 1. The zero-order valence-corrected chi connectivity index (χ0v) is 13.5. The maximum Gasteiger partial charge on any atom is 0.218 e. The van der Waals surface area contributed by atoms with Crippen molar-refractivity contribution in [3.63, 3.8) is 0 Å². The number of sulfone groups is 1. The van der Waals surface area contributed by atoms with Crippen molar-refractivity contribution < 1.29 is 16.8 Å². The number of nitrogens with zero attached hydrogens (tertiary/aromatic N) is 1.